The minimum absolute atomic E-state index is 0.109. The number of benzene rings is 1. The van der Waals surface area contributed by atoms with Crippen molar-refractivity contribution in [2.45, 2.75) is 33.8 Å². The van der Waals surface area contributed by atoms with Crippen LogP contribution in [0, 0.1) is 11.6 Å². The van der Waals surface area contributed by atoms with Crippen molar-refractivity contribution in [3.05, 3.63) is 64.7 Å². The van der Waals surface area contributed by atoms with E-state index in [2.05, 4.69) is 5.10 Å². The molecule has 1 aromatic carbocycles. The Balaban J connectivity index is 2.17. The van der Waals surface area contributed by atoms with Gasteiger partial charge in [0.05, 0.1) is 23.2 Å². The fourth-order valence-electron chi connectivity index (χ4n) is 2.10. The molecule has 0 saturated carbocycles. The van der Waals surface area contributed by atoms with Gasteiger partial charge in [-0.05, 0) is 32.4 Å². The van der Waals surface area contributed by atoms with Gasteiger partial charge in [-0.3, -0.25) is 0 Å². The second-order valence-corrected chi connectivity index (χ2v) is 5.53. The molecule has 24 heavy (non-hydrogen) atoms. The second-order valence-electron chi connectivity index (χ2n) is 5.53. The third-order valence-corrected chi connectivity index (χ3v) is 3.43. The van der Waals surface area contributed by atoms with Crippen molar-refractivity contribution in [2.24, 2.45) is 5.10 Å². The number of ether oxygens (including phenoxy) is 1. The minimum atomic E-state index is -0.793. The second kappa shape index (κ2) is 7.77. The molecule has 1 aliphatic heterocycles. The number of rotatable bonds is 5. The Labute approximate surface area is 140 Å². The number of hydrogen-bond donors (Lipinski definition) is 1. The summed E-state index contributed by atoms with van der Waals surface area (Å²) in [4.78, 5) is 0. The fraction of sp³-hybridized carbons (Fsp3) is 0.278. The molecule has 128 valence electrons. The van der Waals surface area contributed by atoms with Crippen molar-refractivity contribution in [2.75, 3.05) is 5.73 Å². The van der Waals surface area contributed by atoms with Gasteiger partial charge in [-0.15, -0.1) is 0 Å². The van der Waals surface area contributed by atoms with Gasteiger partial charge >= 0.3 is 0 Å². The van der Waals surface area contributed by atoms with Gasteiger partial charge in [0.1, 0.15) is 18.2 Å². The maximum Gasteiger partial charge on any atom is 0.155 e. The maximum absolute atomic E-state index is 13.9. The SMILES string of the molecule is CC/C=C/N1N=CC(OCc2c(F)ccc(N)c2F)=CC1=C(C)C. The van der Waals surface area contributed by atoms with Crippen LogP contribution >= 0.6 is 0 Å². The summed E-state index contributed by atoms with van der Waals surface area (Å²) in [7, 11) is 0. The Bertz CT molecular complexity index is 732. The molecular weight excluding hydrogens is 312 g/mol. The van der Waals surface area contributed by atoms with Gasteiger partial charge in [0, 0.05) is 12.3 Å². The summed E-state index contributed by atoms with van der Waals surface area (Å²) >= 11 is 0. The van der Waals surface area contributed by atoms with Crippen molar-refractivity contribution >= 4 is 11.9 Å². The summed E-state index contributed by atoms with van der Waals surface area (Å²) in [5.41, 5.74) is 7.05. The number of hydrogen-bond acceptors (Lipinski definition) is 4. The summed E-state index contributed by atoms with van der Waals surface area (Å²) in [6.07, 6.45) is 8.03. The lowest BCUT2D eigenvalue weighted by molar-refractivity contribution is 0.207. The van der Waals surface area contributed by atoms with Crippen molar-refractivity contribution in [1.82, 2.24) is 5.01 Å². The number of hydrazone groups is 1. The normalized spacial score (nSPS) is 14.3. The van der Waals surface area contributed by atoms with E-state index in [-0.39, 0.29) is 17.9 Å². The number of halogens is 2. The average molecular weight is 333 g/mol. The monoisotopic (exact) mass is 333 g/mol. The maximum atomic E-state index is 13.9. The molecular formula is C18H21F2N3O. The van der Waals surface area contributed by atoms with Crippen LogP contribution < -0.4 is 5.73 Å². The Morgan fingerprint density at radius 3 is 2.75 bits per heavy atom. The lowest BCUT2D eigenvalue weighted by Crippen LogP contribution is -2.16. The Hall–Kier alpha value is -2.63. The van der Waals surface area contributed by atoms with Gasteiger partial charge in [-0.2, -0.15) is 5.10 Å². The molecule has 0 amide bonds. The minimum Gasteiger partial charge on any atom is -0.487 e. The van der Waals surface area contributed by atoms with Crippen LogP contribution in [0.3, 0.4) is 0 Å². The van der Waals surface area contributed by atoms with Crippen molar-refractivity contribution in [3.63, 3.8) is 0 Å². The zero-order valence-corrected chi connectivity index (χ0v) is 14.0. The molecule has 0 radical (unpaired) electrons. The predicted octanol–water partition coefficient (Wildman–Crippen LogP) is 4.47. The molecule has 0 fully saturated rings. The van der Waals surface area contributed by atoms with Crippen LogP contribution in [0.4, 0.5) is 14.5 Å². The number of allylic oxidation sites excluding steroid dienone is 4. The molecule has 1 aliphatic rings. The summed E-state index contributed by atoms with van der Waals surface area (Å²) in [5.74, 6) is -1.06. The van der Waals surface area contributed by atoms with Crippen LogP contribution in [-0.4, -0.2) is 11.2 Å². The zero-order valence-electron chi connectivity index (χ0n) is 14.0. The first-order valence-electron chi connectivity index (χ1n) is 7.68. The number of nitrogens with two attached hydrogens (primary N) is 1. The van der Waals surface area contributed by atoms with E-state index in [0.717, 1.165) is 23.8 Å². The van der Waals surface area contributed by atoms with Crippen molar-refractivity contribution in [1.29, 1.82) is 0 Å². The van der Waals surface area contributed by atoms with E-state index in [9.17, 15) is 8.78 Å². The molecule has 0 aliphatic carbocycles. The van der Waals surface area contributed by atoms with Crippen LogP contribution in [0.1, 0.15) is 32.8 Å². The summed E-state index contributed by atoms with van der Waals surface area (Å²) in [6, 6.07) is 2.31. The smallest absolute Gasteiger partial charge is 0.155 e. The number of nitrogens with zero attached hydrogens (tertiary/aromatic N) is 2. The topological polar surface area (TPSA) is 50.8 Å². The first-order valence-corrected chi connectivity index (χ1v) is 7.68. The van der Waals surface area contributed by atoms with E-state index >= 15 is 0 Å². The Kier molecular flexibility index (Phi) is 5.73. The highest BCUT2D eigenvalue weighted by atomic mass is 19.1. The highest BCUT2D eigenvalue weighted by Crippen LogP contribution is 2.23. The molecule has 0 spiro atoms. The van der Waals surface area contributed by atoms with Crippen LogP contribution in [-0.2, 0) is 11.3 Å². The predicted molar refractivity (Wildman–Crippen MR) is 91.8 cm³/mol. The molecule has 2 rings (SSSR count). The van der Waals surface area contributed by atoms with E-state index < -0.39 is 11.6 Å². The zero-order chi connectivity index (χ0) is 17.7. The molecule has 4 nitrogen and oxygen atoms in total. The molecule has 2 N–H and O–H groups in total. The highest BCUT2D eigenvalue weighted by Gasteiger charge is 2.16. The van der Waals surface area contributed by atoms with Gasteiger partial charge in [0.15, 0.2) is 5.82 Å². The van der Waals surface area contributed by atoms with Crippen LogP contribution in [0.15, 0.2) is 52.6 Å². The molecule has 6 heteroatoms. The number of anilines is 1. The summed E-state index contributed by atoms with van der Waals surface area (Å²) in [5, 5.41) is 6.01. The van der Waals surface area contributed by atoms with Crippen LogP contribution in [0.25, 0.3) is 0 Å². The van der Waals surface area contributed by atoms with E-state index in [1.54, 1.807) is 11.1 Å². The largest absolute Gasteiger partial charge is 0.487 e. The molecule has 0 bridgehead atoms. The van der Waals surface area contributed by atoms with E-state index in [1.165, 1.54) is 12.3 Å². The van der Waals surface area contributed by atoms with Gasteiger partial charge in [0.25, 0.3) is 0 Å². The quantitative estimate of drug-likeness (QED) is 0.809. The third-order valence-electron chi connectivity index (χ3n) is 3.43. The lowest BCUT2D eigenvalue weighted by Gasteiger charge is -2.22. The molecule has 0 aromatic heterocycles. The van der Waals surface area contributed by atoms with Crippen LogP contribution in [0.2, 0.25) is 0 Å². The first kappa shape index (κ1) is 17.7. The van der Waals surface area contributed by atoms with Crippen molar-refractivity contribution in [3.8, 4) is 0 Å². The standard InChI is InChI=1S/C18H21F2N3O/c1-4-5-8-23-17(12(2)3)9-13(10-22-23)24-11-14-15(19)6-7-16(21)18(14)20/h5-10H,4,11,21H2,1-3H3/b8-5+. The molecule has 0 atom stereocenters. The van der Waals surface area contributed by atoms with Gasteiger partial charge < -0.3 is 10.5 Å². The molecule has 0 unspecified atom stereocenters. The first-order chi connectivity index (χ1) is 11.4. The van der Waals surface area contributed by atoms with Gasteiger partial charge in [0.2, 0.25) is 0 Å². The Morgan fingerprint density at radius 1 is 1.33 bits per heavy atom. The van der Waals surface area contributed by atoms with E-state index in [0.29, 0.717) is 5.76 Å². The van der Waals surface area contributed by atoms with Gasteiger partial charge in [-0.25, -0.2) is 13.8 Å². The lowest BCUT2D eigenvalue weighted by atomic mass is 10.2. The van der Waals surface area contributed by atoms with E-state index in [4.69, 9.17) is 10.5 Å². The highest BCUT2D eigenvalue weighted by molar-refractivity contribution is 5.78. The number of nitrogen functional groups attached to an aromatic ring is 1. The molecule has 1 aromatic rings. The average Bonchev–Trinajstić information content (AvgIpc) is 2.56. The van der Waals surface area contributed by atoms with Crippen LogP contribution in [0.5, 0.6) is 0 Å². The third kappa shape index (κ3) is 4.01. The fourth-order valence-corrected chi connectivity index (χ4v) is 2.10. The summed E-state index contributed by atoms with van der Waals surface area (Å²) in [6.45, 7) is 5.68. The summed E-state index contributed by atoms with van der Waals surface area (Å²) < 4.78 is 33.1. The van der Waals surface area contributed by atoms with E-state index in [1.807, 2.05) is 33.0 Å². The van der Waals surface area contributed by atoms with Crippen molar-refractivity contribution < 1.29 is 13.5 Å². The molecule has 0 saturated heterocycles. The molecule has 1 heterocycles. The van der Waals surface area contributed by atoms with Gasteiger partial charge in [-0.1, -0.05) is 18.6 Å². The Morgan fingerprint density at radius 2 is 2.08 bits per heavy atom.